The van der Waals surface area contributed by atoms with Crippen LogP contribution in [0.15, 0.2) is 0 Å². The molecule has 3 atom stereocenters. The summed E-state index contributed by atoms with van der Waals surface area (Å²) in [5, 5.41) is 3.63. The third kappa shape index (κ3) is 4.42. The zero-order chi connectivity index (χ0) is 13.5. The van der Waals surface area contributed by atoms with Gasteiger partial charge in [0, 0.05) is 31.8 Å². The zero-order valence-electron chi connectivity index (χ0n) is 12.6. The van der Waals surface area contributed by atoms with Crippen LogP contribution in [0.5, 0.6) is 0 Å². The van der Waals surface area contributed by atoms with Gasteiger partial charge >= 0.3 is 0 Å². The van der Waals surface area contributed by atoms with Crippen LogP contribution in [0.3, 0.4) is 0 Å². The van der Waals surface area contributed by atoms with Crippen molar-refractivity contribution >= 4 is 0 Å². The summed E-state index contributed by atoms with van der Waals surface area (Å²) in [5.41, 5.74) is 0. The Morgan fingerprint density at radius 3 is 3.00 bits per heavy atom. The van der Waals surface area contributed by atoms with Gasteiger partial charge < -0.3 is 14.8 Å². The van der Waals surface area contributed by atoms with Crippen LogP contribution in [0.4, 0.5) is 0 Å². The van der Waals surface area contributed by atoms with E-state index in [1.165, 1.54) is 19.4 Å². The molecule has 0 aliphatic carbocycles. The number of nitrogens with one attached hydrogen (secondary N) is 1. The Morgan fingerprint density at radius 2 is 2.21 bits per heavy atom. The molecule has 112 valence electrons. The molecule has 0 bridgehead atoms. The molecule has 19 heavy (non-hydrogen) atoms. The van der Waals surface area contributed by atoms with Crippen molar-refractivity contribution in [1.82, 2.24) is 10.2 Å². The lowest BCUT2D eigenvalue weighted by molar-refractivity contribution is -0.0527. The van der Waals surface area contributed by atoms with E-state index in [1.54, 1.807) is 0 Å². The van der Waals surface area contributed by atoms with Crippen molar-refractivity contribution in [3.05, 3.63) is 0 Å². The maximum absolute atomic E-state index is 5.95. The van der Waals surface area contributed by atoms with Crippen molar-refractivity contribution in [2.45, 2.75) is 57.7 Å². The van der Waals surface area contributed by atoms with Gasteiger partial charge in [-0.2, -0.15) is 0 Å². The molecule has 0 spiro atoms. The van der Waals surface area contributed by atoms with Crippen molar-refractivity contribution in [3.63, 3.8) is 0 Å². The average Bonchev–Trinajstić information content (AvgIpc) is 2.46. The molecule has 2 aliphatic heterocycles. The molecule has 3 unspecified atom stereocenters. The fourth-order valence-electron chi connectivity index (χ4n) is 3.27. The molecule has 0 radical (unpaired) electrons. The molecule has 0 saturated carbocycles. The van der Waals surface area contributed by atoms with Gasteiger partial charge in [0.25, 0.3) is 0 Å². The summed E-state index contributed by atoms with van der Waals surface area (Å²) in [6.07, 6.45) is 5.15. The first kappa shape index (κ1) is 15.2. The third-order valence-corrected chi connectivity index (χ3v) is 4.23. The van der Waals surface area contributed by atoms with Crippen LogP contribution in [0.1, 0.15) is 39.5 Å². The van der Waals surface area contributed by atoms with Crippen molar-refractivity contribution in [1.29, 1.82) is 0 Å². The Labute approximate surface area is 117 Å². The summed E-state index contributed by atoms with van der Waals surface area (Å²) in [4.78, 5) is 2.59. The SMILES string of the molecule is CCCOC1CCCN(C2COCCC2NCC)C1. The van der Waals surface area contributed by atoms with Crippen LogP contribution in [0.25, 0.3) is 0 Å². The molecule has 4 heteroatoms. The Bertz CT molecular complexity index is 248. The second-order valence-electron chi connectivity index (χ2n) is 5.73. The Morgan fingerprint density at radius 1 is 1.32 bits per heavy atom. The quantitative estimate of drug-likeness (QED) is 0.795. The molecule has 1 N–H and O–H groups in total. The van der Waals surface area contributed by atoms with Crippen LogP contribution in [0.2, 0.25) is 0 Å². The van der Waals surface area contributed by atoms with E-state index in [-0.39, 0.29) is 0 Å². The number of hydrogen-bond donors (Lipinski definition) is 1. The van der Waals surface area contributed by atoms with Crippen molar-refractivity contribution in [3.8, 4) is 0 Å². The van der Waals surface area contributed by atoms with Crippen LogP contribution in [-0.2, 0) is 9.47 Å². The van der Waals surface area contributed by atoms with Crippen molar-refractivity contribution in [2.75, 3.05) is 39.5 Å². The standard InChI is InChI=1S/C15H30N2O2/c1-3-9-19-13-6-5-8-17(11-13)15-12-18-10-7-14(15)16-4-2/h13-16H,3-12H2,1-2H3. The highest BCUT2D eigenvalue weighted by atomic mass is 16.5. The van der Waals surface area contributed by atoms with E-state index in [0.717, 1.165) is 45.8 Å². The summed E-state index contributed by atoms with van der Waals surface area (Å²) in [5.74, 6) is 0. The number of hydrogen-bond acceptors (Lipinski definition) is 4. The van der Waals surface area contributed by atoms with Crippen LogP contribution >= 0.6 is 0 Å². The molecule has 2 heterocycles. The maximum Gasteiger partial charge on any atom is 0.0702 e. The maximum atomic E-state index is 5.95. The van der Waals surface area contributed by atoms with E-state index in [9.17, 15) is 0 Å². The van der Waals surface area contributed by atoms with E-state index in [4.69, 9.17) is 9.47 Å². The van der Waals surface area contributed by atoms with Crippen LogP contribution in [-0.4, -0.2) is 62.5 Å². The highest BCUT2D eigenvalue weighted by Crippen LogP contribution is 2.21. The average molecular weight is 270 g/mol. The number of nitrogens with zero attached hydrogens (tertiary/aromatic N) is 1. The second-order valence-corrected chi connectivity index (χ2v) is 5.73. The monoisotopic (exact) mass is 270 g/mol. The first-order valence-electron chi connectivity index (χ1n) is 8.02. The fraction of sp³-hybridized carbons (Fsp3) is 1.00. The Balaban J connectivity index is 1.87. The first-order valence-corrected chi connectivity index (χ1v) is 8.02. The predicted molar refractivity (Wildman–Crippen MR) is 77.5 cm³/mol. The lowest BCUT2D eigenvalue weighted by Gasteiger charge is -2.43. The predicted octanol–water partition coefficient (Wildman–Crippen LogP) is 1.64. The topological polar surface area (TPSA) is 33.7 Å². The molecule has 0 amide bonds. The lowest BCUT2D eigenvalue weighted by Crippen LogP contribution is -2.58. The van der Waals surface area contributed by atoms with Crippen LogP contribution < -0.4 is 5.32 Å². The summed E-state index contributed by atoms with van der Waals surface area (Å²) >= 11 is 0. The van der Waals surface area contributed by atoms with E-state index >= 15 is 0 Å². The van der Waals surface area contributed by atoms with E-state index < -0.39 is 0 Å². The number of rotatable bonds is 6. The van der Waals surface area contributed by atoms with Gasteiger partial charge in [0.15, 0.2) is 0 Å². The number of likely N-dealkylation sites (N-methyl/N-ethyl adjacent to an activating group) is 1. The molecule has 2 saturated heterocycles. The van der Waals surface area contributed by atoms with Gasteiger partial charge in [0.2, 0.25) is 0 Å². The minimum atomic E-state index is 0.429. The minimum absolute atomic E-state index is 0.429. The zero-order valence-corrected chi connectivity index (χ0v) is 12.6. The van der Waals surface area contributed by atoms with Gasteiger partial charge in [-0.05, 0) is 38.8 Å². The fourth-order valence-corrected chi connectivity index (χ4v) is 3.27. The van der Waals surface area contributed by atoms with Crippen molar-refractivity contribution < 1.29 is 9.47 Å². The molecule has 4 nitrogen and oxygen atoms in total. The smallest absolute Gasteiger partial charge is 0.0702 e. The summed E-state index contributed by atoms with van der Waals surface area (Å²) in [6.45, 7) is 10.4. The summed E-state index contributed by atoms with van der Waals surface area (Å²) in [7, 11) is 0. The minimum Gasteiger partial charge on any atom is -0.380 e. The summed E-state index contributed by atoms with van der Waals surface area (Å²) < 4.78 is 11.7. The number of piperidine rings is 1. The van der Waals surface area contributed by atoms with Gasteiger partial charge in [-0.3, -0.25) is 4.90 Å². The number of ether oxygens (including phenoxy) is 2. The molecular formula is C15H30N2O2. The molecule has 0 aromatic heterocycles. The van der Waals surface area contributed by atoms with Crippen LogP contribution in [0, 0.1) is 0 Å². The summed E-state index contributed by atoms with van der Waals surface area (Å²) in [6, 6.07) is 1.12. The molecule has 2 rings (SSSR count). The molecule has 2 fully saturated rings. The number of likely N-dealkylation sites (tertiary alicyclic amines) is 1. The lowest BCUT2D eigenvalue weighted by atomic mass is 9.98. The third-order valence-electron chi connectivity index (χ3n) is 4.23. The molecular weight excluding hydrogens is 240 g/mol. The van der Waals surface area contributed by atoms with E-state index in [1.807, 2.05) is 0 Å². The van der Waals surface area contributed by atoms with E-state index in [2.05, 4.69) is 24.1 Å². The van der Waals surface area contributed by atoms with E-state index in [0.29, 0.717) is 18.2 Å². The van der Waals surface area contributed by atoms with Gasteiger partial charge in [0.1, 0.15) is 0 Å². The Hall–Kier alpha value is -0.160. The largest absolute Gasteiger partial charge is 0.380 e. The van der Waals surface area contributed by atoms with Crippen molar-refractivity contribution in [2.24, 2.45) is 0 Å². The normalized spacial score (nSPS) is 33.5. The molecule has 0 aromatic carbocycles. The Kier molecular flexibility index (Phi) is 6.57. The highest BCUT2D eigenvalue weighted by Gasteiger charge is 2.33. The highest BCUT2D eigenvalue weighted by molar-refractivity contribution is 4.90. The second kappa shape index (κ2) is 8.20. The van der Waals surface area contributed by atoms with Gasteiger partial charge in [-0.15, -0.1) is 0 Å². The van der Waals surface area contributed by atoms with Gasteiger partial charge in [-0.1, -0.05) is 13.8 Å². The molecule has 2 aliphatic rings. The molecule has 0 aromatic rings. The first-order chi connectivity index (χ1) is 9.35. The van der Waals surface area contributed by atoms with Gasteiger partial charge in [-0.25, -0.2) is 0 Å². The van der Waals surface area contributed by atoms with Gasteiger partial charge in [0.05, 0.1) is 12.7 Å².